The predicted octanol–water partition coefficient (Wildman–Crippen LogP) is 3.99. The van der Waals surface area contributed by atoms with Gasteiger partial charge in [0.2, 0.25) is 0 Å². The van der Waals surface area contributed by atoms with Gasteiger partial charge in [-0.15, -0.1) is 0 Å². The number of benzene rings is 2. The Hall–Kier alpha value is -2.36. The predicted molar refractivity (Wildman–Crippen MR) is 99.5 cm³/mol. The molecule has 3 nitrogen and oxygen atoms in total. The van der Waals surface area contributed by atoms with Crippen molar-refractivity contribution in [2.24, 2.45) is 5.92 Å². The van der Waals surface area contributed by atoms with E-state index < -0.39 is 0 Å². The minimum atomic E-state index is -0.206. The summed E-state index contributed by atoms with van der Waals surface area (Å²) in [5, 5.41) is 0. The van der Waals surface area contributed by atoms with Gasteiger partial charge in [-0.25, -0.2) is 4.39 Å². The molecule has 0 N–H and O–H groups in total. The van der Waals surface area contributed by atoms with E-state index in [1.54, 1.807) is 12.1 Å². The standard InChI is InChI=1S/C21H25FN2O/c1-16(2)15-17-7-9-18(10-8-17)21(25)24-13-11-23(12-14-24)20-6-4-3-5-19(20)22/h3-10,16H,11-15H2,1-2H3. The molecule has 1 fully saturated rings. The van der Waals surface area contributed by atoms with E-state index in [2.05, 4.69) is 13.8 Å². The highest BCUT2D eigenvalue weighted by molar-refractivity contribution is 5.94. The van der Waals surface area contributed by atoms with Crippen molar-refractivity contribution < 1.29 is 9.18 Å². The fourth-order valence-corrected chi connectivity index (χ4v) is 3.30. The van der Waals surface area contributed by atoms with Gasteiger partial charge < -0.3 is 9.80 Å². The molecule has 3 rings (SSSR count). The van der Waals surface area contributed by atoms with Gasteiger partial charge in [-0.3, -0.25) is 4.79 Å². The van der Waals surface area contributed by atoms with E-state index in [1.165, 1.54) is 11.6 Å². The van der Waals surface area contributed by atoms with Gasteiger partial charge in [0.05, 0.1) is 5.69 Å². The molecular weight excluding hydrogens is 315 g/mol. The number of hydrogen-bond donors (Lipinski definition) is 0. The molecule has 4 heteroatoms. The van der Waals surface area contributed by atoms with E-state index >= 15 is 0 Å². The molecule has 0 aromatic heterocycles. The number of halogens is 1. The molecule has 132 valence electrons. The summed E-state index contributed by atoms with van der Waals surface area (Å²) in [7, 11) is 0. The summed E-state index contributed by atoms with van der Waals surface area (Å²) in [6.45, 7) is 6.90. The molecule has 1 saturated heterocycles. The van der Waals surface area contributed by atoms with E-state index in [1.807, 2.05) is 40.1 Å². The van der Waals surface area contributed by atoms with E-state index in [0.717, 1.165) is 12.0 Å². The summed E-state index contributed by atoms with van der Waals surface area (Å²) in [5.74, 6) is 0.459. The molecular formula is C21H25FN2O. The Labute approximate surface area is 149 Å². The molecule has 0 aliphatic carbocycles. The molecule has 0 unspecified atom stereocenters. The molecule has 0 radical (unpaired) electrons. The zero-order chi connectivity index (χ0) is 17.8. The van der Waals surface area contributed by atoms with Gasteiger partial charge in [-0.1, -0.05) is 38.1 Å². The highest BCUT2D eigenvalue weighted by Crippen LogP contribution is 2.21. The molecule has 1 heterocycles. The Kier molecular flexibility index (Phi) is 5.37. The van der Waals surface area contributed by atoms with Gasteiger partial charge in [0.1, 0.15) is 5.82 Å². The van der Waals surface area contributed by atoms with E-state index in [4.69, 9.17) is 0 Å². The van der Waals surface area contributed by atoms with Crippen LogP contribution < -0.4 is 4.90 Å². The number of rotatable bonds is 4. The number of para-hydroxylation sites is 1. The van der Waals surface area contributed by atoms with Crippen LogP contribution in [0, 0.1) is 11.7 Å². The fraction of sp³-hybridized carbons (Fsp3) is 0.381. The number of carbonyl (C=O) groups excluding carboxylic acids is 1. The average molecular weight is 340 g/mol. The molecule has 25 heavy (non-hydrogen) atoms. The van der Waals surface area contributed by atoms with Crippen LogP contribution in [0.1, 0.15) is 29.8 Å². The normalized spacial score (nSPS) is 14.9. The van der Waals surface area contributed by atoms with Gasteiger partial charge in [0, 0.05) is 31.7 Å². The van der Waals surface area contributed by atoms with Crippen LogP contribution in [0.25, 0.3) is 0 Å². The van der Waals surface area contributed by atoms with Crippen molar-refractivity contribution in [1.82, 2.24) is 4.90 Å². The van der Waals surface area contributed by atoms with Crippen molar-refractivity contribution in [1.29, 1.82) is 0 Å². The number of nitrogens with zero attached hydrogens (tertiary/aromatic N) is 2. The van der Waals surface area contributed by atoms with Gasteiger partial charge in [0.25, 0.3) is 5.91 Å². The van der Waals surface area contributed by atoms with Crippen LogP contribution in [0.15, 0.2) is 48.5 Å². The molecule has 1 aliphatic heterocycles. The Balaban J connectivity index is 1.61. The minimum Gasteiger partial charge on any atom is -0.366 e. The van der Waals surface area contributed by atoms with Crippen LogP contribution >= 0.6 is 0 Å². The quantitative estimate of drug-likeness (QED) is 0.840. The second-order valence-corrected chi connectivity index (χ2v) is 7.03. The van der Waals surface area contributed by atoms with Crippen LogP contribution in [-0.2, 0) is 6.42 Å². The Morgan fingerprint density at radius 3 is 2.24 bits per heavy atom. The summed E-state index contributed by atoms with van der Waals surface area (Å²) in [6, 6.07) is 14.7. The maximum atomic E-state index is 13.9. The highest BCUT2D eigenvalue weighted by Gasteiger charge is 2.23. The number of piperazine rings is 1. The summed E-state index contributed by atoms with van der Waals surface area (Å²) in [6.07, 6.45) is 1.02. The third-order valence-corrected chi connectivity index (χ3v) is 4.60. The topological polar surface area (TPSA) is 23.6 Å². The van der Waals surface area contributed by atoms with Crippen LogP contribution in [0.3, 0.4) is 0 Å². The first kappa shape index (κ1) is 17.5. The van der Waals surface area contributed by atoms with E-state index in [-0.39, 0.29) is 11.7 Å². The van der Waals surface area contributed by atoms with Gasteiger partial charge in [-0.05, 0) is 42.2 Å². The maximum absolute atomic E-state index is 13.9. The average Bonchev–Trinajstić information content (AvgIpc) is 2.62. The minimum absolute atomic E-state index is 0.0595. The molecule has 2 aromatic rings. The summed E-state index contributed by atoms with van der Waals surface area (Å²) in [5.41, 5.74) is 2.61. The van der Waals surface area contributed by atoms with Crippen molar-refractivity contribution in [2.75, 3.05) is 31.1 Å². The smallest absolute Gasteiger partial charge is 0.253 e. The monoisotopic (exact) mass is 340 g/mol. The first-order chi connectivity index (χ1) is 12.0. The van der Waals surface area contributed by atoms with Gasteiger partial charge in [0.15, 0.2) is 0 Å². The van der Waals surface area contributed by atoms with E-state index in [9.17, 15) is 9.18 Å². The summed E-state index contributed by atoms with van der Waals surface area (Å²) in [4.78, 5) is 16.5. The molecule has 2 aromatic carbocycles. The SMILES string of the molecule is CC(C)Cc1ccc(C(=O)N2CCN(c3ccccc3F)CC2)cc1. The first-order valence-electron chi connectivity index (χ1n) is 8.92. The zero-order valence-electron chi connectivity index (χ0n) is 14.9. The molecule has 0 atom stereocenters. The summed E-state index contributed by atoms with van der Waals surface area (Å²) < 4.78 is 13.9. The first-order valence-corrected chi connectivity index (χ1v) is 8.92. The lowest BCUT2D eigenvalue weighted by Gasteiger charge is -2.36. The van der Waals surface area contributed by atoms with Crippen LogP contribution in [0.4, 0.5) is 10.1 Å². The number of hydrogen-bond acceptors (Lipinski definition) is 2. The fourth-order valence-electron chi connectivity index (χ4n) is 3.30. The second kappa shape index (κ2) is 7.68. The molecule has 1 amide bonds. The Morgan fingerprint density at radius 1 is 1.00 bits per heavy atom. The summed E-state index contributed by atoms with van der Waals surface area (Å²) >= 11 is 0. The van der Waals surface area contributed by atoms with Crippen LogP contribution in [0.2, 0.25) is 0 Å². The largest absolute Gasteiger partial charge is 0.366 e. The van der Waals surface area contributed by atoms with Crippen molar-refractivity contribution >= 4 is 11.6 Å². The van der Waals surface area contributed by atoms with Crippen molar-refractivity contribution in [3.8, 4) is 0 Å². The number of carbonyl (C=O) groups is 1. The van der Waals surface area contributed by atoms with Crippen LogP contribution in [0.5, 0.6) is 0 Å². The lowest BCUT2D eigenvalue weighted by molar-refractivity contribution is 0.0746. The Morgan fingerprint density at radius 2 is 1.64 bits per heavy atom. The highest BCUT2D eigenvalue weighted by atomic mass is 19.1. The Bertz CT molecular complexity index is 719. The van der Waals surface area contributed by atoms with Crippen molar-refractivity contribution in [2.45, 2.75) is 20.3 Å². The zero-order valence-corrected chi connectivity index (χ0v) is 14.9. The van der Waals surface area contributed by atoms with Gasteiger partial charge >= 0.3 is 0 Å². The lowest BCUT2D eigenvalue weighted by atomic mass is 10.0. The number of anilines is 1. The molecule has 0 saturated carbocycles. The molecule has 1 aliphatic rings. The molecule has 0 bridgehead atoms. The third kappa shape index (κ3) is 4.19. The third-order valence-electron chi connectivity index (χ3n) is 4.60. The second-order valence-electron chi connectivity index (χ2n) is 7.03. The number of amides is 1. The van der Waals surface area contributed by atoms with E-state index in [0.29, 0.717) is 37.8 Å². The van der Waals surface area contributed by atoms with Gasteiger partial charge in [-0.2, -0.15) is 0 Å². The van der Waals surface area contributed by atoms with Crippen molar-refractivity contribution in [3.63, 3.8) is 0 Å². The van der Waals surface area contributed by atoms with Crippen molar-refractivity contribution in [3.05, 3.63) is 65.5 Å². The lowest BCUT2D eigenvalue weighted by Crippen LogP contribution is -2.49. The maximum Gasteiger partial charge on any atom is 0.253 e. The van der Waals surface area contributed by atoms with Crippen LogP contribution in [-0.4, -0.2) is 37.0 Å². The molecule has 0 spiro atoms.